The molecule has 0 aliphatic carbocycles. The number of anilines is 1. The van der Waals surface area contributed by atoms with E-state index in [4.69, 9.17) is 4.74 Å². The largest absolute Gasteiger partial charge is 0.484 e. The molecule has 0 saturated heterocycles. The van der Waals surface area contributed by atoms with Crippen molar-refractivity contribution in [2.75, 3.05) is 24.2 Å². The van der Waals surface area contributed by atoms with Crippen molar-refractivity contribution in [1.82, 2.24) is 5.32 Å². The number of nitrogens with zero attached hydrogens (tertiary/aromatic N) is 1. The van der Waals surface area contributed by atoms with E-state index >= 15 is 0 Å². The fraction of sp³-hybridized carbons (Fsp3) is 0.381. The highest BCUT2D eigenvalue weighted by Crippen LogP contribution is 2.20. The molecule has 1 N–H and O–H groups in total. The minimum atomic E-state index is -3.31. The molecule has 0 fully saturated rings. The first-order chi connectivity index (χ1) is 13.2. The van der Waals surface area contributed by atoms with E-state index in [1.54, 1.807) is 24.3 Å². The Morgan fingerprint density at radius 3 is 2.29 bits per heavy atom. The molecule has 0 saturated carbocycles. The summed E-state index contributed by atoms with van der Waals surface area (Å²) in [4.78, 5) is 12.1. The second-order valence-corrected chi connectivity index (χ2v) is 8.61. The van der Waals surface area contributed by atoms with Crippen LogP contribution in [0.25, 0.3) is 0 Å². The number of nitrogens with one attached hydrogen (secondary N) is 1. The highest BCUT2D eigenvalue weighted by atomic mass is 32.2. The van der Waals surface area contributed by atoms with Gasteiger partial charge in [-0.05, 0) is 53.8 Å². The monoisotopic (exact) mass is 404 g/mol. The predicted molar refractivity (Wildman–Crippen MR) is 112 cm³/mol. The zero-order valence-corrected chi connectivity index (χ0v) is 17.7. The van der Waals surface area contributed by atoms with E-state index in [2.05, 4.69) is 37.4 Å². The number of hydrogen-bond donors (Lipinski definition) is 1. The molecule has 28 heavy (non-hydrogen) atoms. The van der Waals surface area contributed by atoms with Gasteiger partial charge in [0, 0.05) is 13.6 Å². The van der Waals surface area contributed by atoms with Gasteiger partial charge in [0.05, 0.1) is 11.9 Å². The maximum absolute atomic E-state index is 12.1. The van der Waals surface area contributed by atoms with Gasteiger partial charge < -0.3 is 10.1 Å². The number of benzene rings is 2. The Labute approximate surface area is 167 Å². The quantitative estimate of drug-likeness (QED) is 0.697. The van der Waals surface area contributed by atoms with Crippen molar-refractivity contribution in [2.45, 2.75) is 33.2 Å². The van der Waals surface area contributed by atoms with E-state index < -0.39 is 10.0 Å². The Balaban J connectivity index is 1.89. The lowest BCUT2D eigenvalue weighted by Gasteiger charge is -2.17. The van der Waals surface area contributed by atoms with E-state index in [1.807, 2.05) is 0 Å². The molecule has 2 aromatic rings. The Kier molecular flexibility index (Phi) is 7.45. The van der Waals surface area contributed by atoms with Gasteiger partial charge >= 0.3 is 0 Å². The molecular formula is C21H28N2O4S. The summed E-state index contributed by atoms with van der Waals surface area (Å²) in [6, 6.07) is 12.9. The number of hydrogen-bond acceptors (Lipinski definition) is 4. The maximum Gasteiger partial charge on any atom is 0.258 e. The molecular weight excluding hydrogens is 376 g/mol. The Bertz CT molecular complexity index is 909. The van der Waals surface area contributed by atoms with Crippen molar-refractivity contribution < 1.29 is 17.9 Å². The third kappa shape index (κ3) is 5.99. The first-order valence-electron chi connectivity index (χ1n) is 9.28. The smallest absolute Gasteiger partial charge is 0.258 e. The molecule has 0 spiro atoms. The lowest BCUT2D eigenvalue weighted by Crippen LogP contribution is -2.28. The molecule has 0 bridgehead atoms. The predicted octanol–water partition coefficient (Wildman–Crippen LogP) is 2.90. The molecule has 1 amide bonds. The summed E-state index contributed by atoms with van der Waals surface area (Å²) in [6.45, 7) is 4.57. The molecule has 0 aliphatic heterocycles. The number of aryl methyl sites for hydroxylation is 2. The Hall–Kier alpha value is -2.54. The van der Waals surface area contributed by atoms with Crippen LogP contribution in [-0.4, -0.2) is 34.2 Å². The molecule has 0 unspecified atom stereocenters. The van der Waals surface area contributed by atoms with Gasteiger partial charge in [0.15, 0.2) is 6.61 Å². The van der Waals surface area contributed by atoms with Crippen LogP contribution in [0.5, 0.6) is 5.75 Å². The van der Waals surface area contributed by atoms with Crippen molar-refractivity contribution in [1.29, 1.82) is 0 Å². The standard InChI is InChI=1S/C21H28N2O4S/c1-5-16-7-8-17(6-2)18(13-16)14-22-21(24)15-27-20-11-9-19(10-12-20)23(3)28(4,25)26/h7-13H,5-6,14-15H2,1-4H3,(H,22,24). The Morgan fingerprint density at radius 2 is 1.71 bits per heavy atom. The fourth-order valence-electron chi connectivity index (χ4n) is 2.75. The van der Waals surface area contributed by atoms with Crippen LogP contribution < -0.4 is 14.4 Å². The molecule has 7 heteroatoms. The van der Waals surface area contributed by atoms with E-state index in [9.17, 15) is 13.2 Å². The third-order valence-electron chi connectivity index (χ3n) is 4.60. The summed E-state index contributed by atoms with van der Waals surface area (Å²) in [5, 5.41) is 2.89. The lowest BCUT2D eigenvalue weighted by molar-refractivity contribution is -0.123. The number of ether oxygens (including phenoxy) is 1. The van der Waals surface area contributed by atoms with Crippen LogP contribution in [0.2, 0.25) is 0 Å². The molecule has 0 heterocycles. The third-order valence-corrected chi connectivity index (χ3v) is 5.81. The van der Waals surface area contributed by atoms with Crippen LogP contribution in [0.15, 0.2) is 42.5 Å². The topological polar surface area (TPSA) is 75.7 Å². The first kappa shape index (κ1) is 21.8. The number of amides is 1. The zero-order chi connectivity index (χ0) is 20.7. The minimum absolute atomic E-state index is 0.101. The molecule has 6 nitrogen and oxygen atoms in total. The normalized spacial score (nSPS) is 11.1. The number of rotatable bonds is 9. The minimum Gasteiger partial charge on any atom is -0.484 e. The second-order valence-electron chi connectivity index (χ2n) is 6.60. The van der Waals surface area contributed by atoms with Crippen molar-refractivity contribution in [3.05, 3.63) is 59.2 Å². The van der Waals surface area contributed by atoms with Gasteiger partial charge in [-0.15, -0.1) is 0 Å². The van der Waals surface area contributed by atoms with Crippen molar-refractivity contribution in [2.24, 2.45) is 0 Å². The van der Waals surface area contributed by atoms with Crippen LogP contribution in [-0.2, 0) is 34.2 Å². The van der Waals surface area contributed by atoms with E-state index in [0.717, 1.165) is 24.7 Å². The molecule has 2 aromatic carbocycles. The van der Waals surface area contributed by atoms with Gasteiger partial charge in [0.25, 0.3) is 5.91 Å². The summed E-state index contributed by atoms with van der Waals surface area (Å²) in [6.07, 6.45) is 3.01. The van der Waals surface area contributed by atoms with E-state index in [1.165, 1.54) is 22.5 Å². The maximum atomic E-state index is 12.1. The molecule has 0 radical (unpaired) electrons. The van der Waals surface area contributed by atoms with Crippen LogP contribution in [0.4, 0.5) is 5.69 Å². The lowest BCUT2D eigenvalue weighted by atomic mass is 10.0. The van der Waals surface area contributed by atoms with E-state index in [0.29, 0.717) is 18.0 Å². The first-order valence-corrected chi connectivity index (χ1v) is 11.1. The van der Waals surface area contributed by atoms with Crippen molar-refractivity contribution >= 4 is 21.6 Å². The highest BCUT2D eigenvalue weighted by molar-refractivity contribution is 7.92. The molecule has 0 aromatic heterocycles. The van der Waals surface area contributed by atoms with Gasteiger partial charge in [0.1, 0.15) is 5.75 Å². The van der Waals surface area contributed by atoms with Crippen LogP contribution >= 0.6 is 0 Å². The SMILES string of the molecule is CCc1ccc(CC)c(CNC(=O)COc2ccc(N(C)S(C)(=O)=O)cc2)c1. The summed E-state index contributed by atoms with van der Waals surface area (Å²) in [5.41, 5.74) is 4.13. The van der Waals surface area contributed by atoms with Crippen molar-refractivity contribution in [3.63, 3.8) is 0 Å². The molecule has 0 aliphatic rings. The molecule has 2 rings (SSSR count). The van der Waals surface area contributed by atoms with Gasteiger partial charge in [-0.25, -0.2) is 8.42 Å². The van der Waals surface area contributed by atoms with Gasteiger partial charge in [-0.3, -0.25) is 9.10 Å². The zero-order valence-electron chi connectivity index (χ0n) is 16.9. The number of sulfonamides is 1. The average molecular weight is 405 g/mol. The highest BCUT2D eigenvalue weighted by Gasteiger charge is 2.12. The van der Waals surface area contributed by atoms with Gasteiger partial charge in [-0.1, -0.05) is 32.0 Å². The summed E-state index contributed by atoms with van der Waals surface area (Å²) in [7, 11) is -1.83. The van der Waals surface area contributed by atoms with E-state index in [-0.39, 0.29) is 12.5 Å². The fourth-order valence-corrected chi connectivity index (χ4v) is 3.25. The van der Waals surface area contributed by atoms with Crippen LogP contribution in [0, 0.1) is 0 Å². The number of carbonyl (C=O) groups excluding carboxylic acids is 1. The summed E-state index contributed by atoms with van der Waals surface area (Å²) < 4.78 is 29.8. The summed E-state index contributed by atoms with van der Waals surface area (Å²) >= 11 is 0. The van der Waals surface area contributed by atoms with Gasteiger partial charge in [0.2, 0.25) is 10.0 Å². The average Bonchev–Trinajstić information content (AvgIpc) is 2.69. The molecule has 152 valence electrons. The molecule has 0 atom stereocenters. The second kappa shape index (κ2) is 9.59. The summed E-state index contributed by atoms with van der Waals surface area (Å²) in [5.74, 6) is 0.296. The van der Waals surface area contributed by atoms with Gasteiger partial charge in [-0.2, -0.15) is 0 Å². The number of carbonyl (C=O) groups is 1. The van der Waals surface area contributed by atoms with Crippen LogP contribution in [0.1, 0.15) is 30.5 Å². The van der Waals surface area contributed by atoms with Crippen molar-refractivity contribution in [3.8, 4) is 5.75 Å². The van der Waals surface area contributed by atoms with Crippen LogP contribution in [0.3, 0.4) is 0 Å². The Morgan fingerprint density at radius 1 is 1.04 bits per heavy atom.